The van der Waals surface area contributed by atoms with Crippen LogP contribution in [0.25, 0.3) is 0 Å². The molecular formula is C19H32N4O. The highest BCUT2D eigenvalue weighted by atomic mass is 16.2. The Morgan fingerprint density at radius 2 is 1.71 bits per heavy atom. The van der Waals surface area contributed by atoms with Gasteiger partial charge >= 0.3 is 0 Å². The van der Waals surface area contributed by atoms with E-state index in [0.29, 0.717) is 13.1 Å². The van der Waals surface area contributed by atoms with Gasteiger partial charge < -0.3 is 15.5 Å². The zero-order chi connectivity index (χ0) is 18.2. The van der Waals surface area contributed by atoms with Gasteiger partial charge in [-0.05, 0) is 38.3 Å². The summed E-state index contributed by atoms with van der Waals surface area (Å²) in [6, 6.07) is 8.64. The van der Waals surface area contributed by atoms with Gasteiger partial charge in [0, 0.05) is 33.7 Å². The van der Waals surface area contributed by atoms with Crippen molar-refractivity contribution in [2.75, 3.05) is 27.2 Å². The first-order chi connectivity index (χ1) is 11.3. The van der Waals surface area contributed by atoms with Crippen LogP contribution in [0.3, 0.4) is 0 Å². The summed E-state index contributed by atoms with van der Waals surface area (Å²) in [4.78, 5) is 18.5. The Morgan fingerprint density at radius 3 is 2.21 bits per heavy atom. The number of nitrogens with one attached hydrogen (secondary N) is 2. The molecule has 0 aliphatic rings. The van der Waals surface area contributed by atoms with Crippen LogP contribution in [0.4, 0.5) is 0 Å². The first-order valence-electron chi connectivity index (χ1n) is 8.62. The van der Waals surface area contributed by atoms with Crippen molar-refractivity contribution in [2.24, 2.45) is 10.4 Å². The molecule has 0 fully saturated rings. The van der Waals surface area contributed by atoms with E-state index in [1.807, 2.05) is 27.8 Å². The molecule has 0 radical (unpaired) electrons. The Kier molecular flexibility index (Phi) is 7.75. The average Bonchev–Trinajstić information content (AvgIpc) is 2.56. The van der Waals surface area contributed by atoms with Crippen LogP contribution in [-0.2, 0) is 17.8 Å². The smallest absolute Gasteiger partial charge is 0.227 e. The monoisotopic (exact) mass is 332 g/mol. The molecule has 5 nitrogen and oxygen atoms in total. The standard InChI is InChI=1S/C19H32N4O/c1-7-15-9-11-16(12-10-15)13-23(6)18(20-5)22-14-19(3,4)17(24)21-8-2/h9-12H,7-8,13-14H2,1-6H3,(H,20,22)(H,21,24). The Morgan fingerprint density at radius 1 is 1.12 bits per heavy atom. The zero-order valence-electron chi connectivity index (χ0n) is 15.9. The Labute approximate surface area is 146 Å². The third kappa shape index (κ3) is 5.87. The Balaban J connectivity index is 2.63. The highest BCUT2D eigenvalue weighted by molar-refractivity contribution is 5.84. The number of guanidine groups is 1. The van der Waals surface area contributed by atoms with Crippen LogP contribution < -0.4 is 10.6 Å². The number of benzene rings is 1. The molecular weight excluding hydrogens is 300 g/mol. The minimum absolute atomic E-state index is 0.0470. The maximum Gasteiger partial charge on any atom is 0.227 e. The molecule has 5 heteroatoms. The summed E-state index contributed by atoms with van der Waals surface area (Å²) in [5, 5.41) is 6.18. The molecule has 0 saturated heterocycles. The number of rotatable bonds is 7. The van der Waals surface area contributed by atoms with Gasteiger partial charge in [0.15, 0.2) is 5.96 Å². The molecule has 0 aliphatic carbocycles. The van der Waals surface area contributed by atoms with E-state index in [1.165, 1.54) is 11.1 Å². The Hall–Kier alpha value is -2.04. The van der Waals surface area contributed by atoms with Crippen LogP contribution in [0.5, 0.6) is 0 Å². The first kappa shape index (κ1) is 20.0. The summed E-state index contributed by atoms with van der Waals surface area (Å²) >= 11 is 0. The van der Waals surface area contributed by atoms with Crippen LogP contribution in [0.1, 0.15) is 38.8 Å². The summed E-state index contributed by atoms with van der Waals surface area (Å²) in [5.74, 6) is 0.831. The molecule has 0 unspecified atom stereocenters. The number of carbonyl (C=O) groups excluding carboxylic acids is 1. The van der Waals surface area contributed by atoms with Gasteiger partial charge in [0.25, 0.3) is 0 Å². The first-order valence-corrected chi connectivity index (χ1v) is 8.62. The van der Waals surface area contributed by atoms with E-state index in [0.717, 1.165) is 18.9 Å². The SMILES string of the molecule is CCNC(=O)C(C)(C)CNC(=NC)N(C)Cc1ccc(CC)cc1. The lowest BCUT2D eigenvalue weighted by Gasteiger charge is -2.28. The van der Waals surface area contributed by atoms with Crippen molar-refractivity contribution in [3.8, 4) is 0 Å². The van der Waals surface area contributed by atoms with E-state index < -0.39 is 5.41 Å². The number of aliphatic imine (C=N–C) groups is 1. The number of carbonyl (C=O) groups is 1. The van der Waals surface area contributed by atoms with Crippen molar-refractivity contribution in [1.82, 2.24) is 15.5 Å². The van der Waals surface area contributed by atoms with Crippen molar-refractivity contribution in [3.63, 3.8) is 0 Å². The van der Waals surface area contributed by atoms with Gasteiger partial charge in [-0.25, -0.2) is 0 Å². The molecule has 134 valence electrons. The Bertz CT molecular complexity index is 549. The van der Waals surface area contributed by atoms with Crippen molar-refractivity contribution < 1.29 is 4.79 Å². The fourth-order valence-electron chi connectivity index (χ4n) is 2.39. The van der Waals surface area contributed by atoms with Crippen molar-refractivity contribution in [3.05, 3.63) is 35.4 Å². The molecule has 2 N–H and O–H groups in total. The van der Waals surface area contributed by atoms with E-state index in [1.54, 1.807) is 7.05 Å². The fraction of sp³-hybridized carbons (Fsp3) is 0.579. The van der Waals surface area contributed by atoms with Gasteiger partial charge in [-0.3, -0.25) is 9.79 Å². The molecule has 1 aromatic rings. The van der Waals surface area contributed by atoms with E-state index >= 15 is 0 Å². The summed E-state index contributed by atoms with van der Waals surface area (Å²) in [7, 11) is 3.76. The van der Waals surface area contributed by atoms with Crippen LogP contribution in [0.15, 0.2) is 29.3 Å². The maximum absolute atomic E-state index is 12.1. The largest absolute Gasteiger partial charge is 0.356 e. The van der Waals surface area contributed by atoms with Gasteiger partial charge in [-0.1, -0.05) is 31.2 Å². The van der Waals surface area contributed by atoms with E-state index in [-0.39, 0.29) is 5.91 Å². The molecule has 0 heterocycles. The lowest BCUT2D eigenvalue weighted by Crippen LogP contribution is -2.48. The third-order valence-electron chi connectivity index (χ3n) is 4.06. The normalized spacial score (nSPS) is 12.0. The van der Waals surface area contributed by atoms with Crippen LogP contribution >= 0.6 is 0 Å². The summed E-state index contributed by atoms with van der Waals surface area (Å²) in [6.07, 6.45) is 1.05. The molecule has 0 atom stereocenters. The lowest BCUT2D eigenvalue weighted by atomic mass is 9.92. The second kappa shape index (κ2) is 9.30. The van der Waals surface area contributed by atoms with Gasteiger partial charge in [-0.2, -0.15) is 0 Å². The number of amides is 1. The molecule has 1 amide bonds. The average molecular weight is 332 g/mol. The van der Waals surface area contributed by atoms with Crippen molar-refractivity contribution in [1.29, 1.82) is 0 Å². The summed E-state index contributed by atoms with van der Waals surface area (Å²) in [6.45, 7) is 9.89. The molecule has 0 saturated carbocycles. The second-order valence-electron chi connectivity index (χ2n) is 6.67. The van der Waals surface area contributed by atoms with Gasteiger partial charge in [0.1, 0.15) is 0 Å². The van der Waals surface area contributed by atoms with Crippen LogP contribution in [0, 0.1) is 5.41 Å². The minimum atomic E-state index is -0.491. The zero-order valence-corrected chi connectivity index (χ0v) is 15.9. The molecule has 0 aromatic heterocycles. The molecule has 0 aliphatic heterocycles. The van der Waals surface area contributed by atoms with Crippen LogP contribution in [-0.4, -0.2) is 44.0 Å². The highest BCUT2D eigenvalue weighted by Gasteiger charge is 2.27. The second-order valence-corrected chi connectivity index (χ2v) is 6.67. The molecule has 24 heavy (non-hydrogen) atoms. The van der Waals surface area contributed by atoms with Crippen molar-refractivity contribution >= 4 is 11.9 Å². The molecule has 0 spiro atoms. The third-order valence-corrected chi connectivity index (χ3v) is 4.06. The van der Waals surface area contributed by atoms with Gasteiger partial charge in [0.05, 0.1) is 5.41 Å². The molecule has 0 bridgehead atoms. The van der Waals surface area contributed by atoms with Crippen LogP contribution in [0.2, 0.25) is 0 Å². The quantitative estimate of drug-likeness (QED) is 0.595. The molecule has 1 aromatic carbocycles. The fourth-order valence-corrected chi connectivity index (χ4v) is 2.39. The van der Waals surface area contributed by atoms with E-state index in [4.69, 9.17) is 0 Å². The number of hydrogen-bond acceptors (Lipinski definition) is 2. The van der Waals surface area contributed by atoms with Gasteiger partial charge in [0.2, 0.25) is 5.91 Å². The lowest BCUT2D eigenvalue weighted by molar-refractivity contribution is -0.128. The summed E-state index contributed by atoms with van der Waals surface area (Å²) < 4.78 is 0. The predicted octanol–water partition coefficient (Wildman–Crippen LogP) is 2.42. The van der Waals surface area contributed by atoms with Gasteiger partial charge in [-0.15, -0.1) is 0 Å². The minimum Gasteiger partial charge on any atom is -0.356 e. The van der Waals surface area contributed by atoms with Crippen molar-refractivity contribution in [2.45, 2.75) is 40.7 Å². The van der Waals surface area contributed by atoms with E-state index in [2.05, 4.69) is 51.7 Å². The number of hydrogen-bond donors (Lipinski definition) is 2. The number of nitrogens with zero attached hydrogens (tertiary/aromatic N) is 2. The predicted molar refractivity (Wildman–Crippen MR) is 101 cm³/mol. The summed E-state index contributed by atoms with van der Waals surface area (Å²) in [5.41, 5.74) is 2.09. The number of aryl methyl sites for hydroxylation is 1. The topological polar surface area (TPSA) is 56.7 Å². The van der Waals surface area contributed by atoms with E-state index in [9.17, 15) is 4.79 Å². The maximum atomic E-state index is 12.1. The molecule has 1 rings (SSSR count). The highest BCUT2D eigenvalue weighted by Crippen LogP contribution is 2.14.